The third-order valence-electron chi connectivity index (χ3n) is 3.20. The topological polar surface area (TPSA) is 130 Å². The number of primary amides is 1. The molecule has 0 unspecified atom stereocenters. The van der Waals surface area contributed by atoms with E-state index in [1.54, 1.807) is 18.2 Å². The predicted octanol–water partition coefficient (Wildman–Crippen LogP) is 2.22. The molecule has 0 aliphatic carbocycles. The molecular weight excluding hydrogens is 375 g/mol. The molecule has 1 aromatic heterocycles. The summed E-state index contributed by atoms with van der Waals surface area (Å²) in [5, 5.41) is 14.8. The van der Waals surface area contributed by atoms with Crippen LogP contribution in [0.15, 0.2) is 30.5 Å². The third kappa shape index (κ3) is 4.25. The van der Waals surface area contributed by atoms with Crippen LogP contribution in [-0.4, -0.2) is 33.2 Å². The van der Waals surface area contributed by atoms with Crippen molar-refractivity contribution >= 4 is 40.9 Å². The first-order valence-corrected chi connectivity index (χ1v) is 7.74. The Hall–Kier alpha value is -2.65. The Bertz CT molecular complexity index is 821. The second kappa shape index (κ2) is 7.95. The molecule has 0 aliphatic heterocycles. The van der Waals surface area contributed by atoms with Gasteiger partial charge in [0.25, 0.3) is 5.91 Å². The summed E-state index contributed by atoms with van der Waals surface area (Å²) in [6.45, 7) is -0.355. The molecule has 1 amide bonds. The van der Waals surface area contributed by atoms with Crippen LogP contribution in [0.4, 0.5) is 5.82 Å². The lowest BCUT2D eigenvalue weighted by Gasteiger charge is -2.09. The maximum atomic E-state index is 12.1. The van der Waals surface area contributed by atoms with Gasteiger partial charge in [0.2, 0.25) is 0 Å². The number of rotatable bonds is 7. The summed E-state index contributed by atoms with van der Waals surface area (Å²) in [5.74, 6) is -2.23. The molecule has 9 nitrogen and oxygen atoms in total. The van der Waals surface area contributed by atoms with Crippen LogP contribution in [0.5, 0.6) is 0 Å². The molecule has 0 saturated carbocycles. The maximum absolute atomic E-state index is 12.1. The van der Waals surface area contributed by atoms with Crippen molar-refractivity contribution in [3.8, 4) is 0 Å². The summed E-state index contributed by atoms with van der Waals surface area (Å²) in [5.41, 5.74) is 5.30. The van der Waals surface area contributed by atoms with E-state index in [-0.39, 0.29) is 24.3 Å². The number of hydrogen-bond acceptors (Lipinski definition) is 6. The number of nitrogens with two attached hydrogens (primary N) is 1. The van der Waals surface area contributed by atoms with Crippen LogP contribution >= 0.6 is 23.2 Å². The van der Waals surface area contributed by atoms with Crippen LogP contribution in [0.25, 0.3) is 0 Å². The number of amides is 1. The molecule has 2 N–H and O–H groups in total. The number of halogens is 2. The van der Waals surface area contributed by atoms with E-state index >= 15 is 0 Å². The average molecular weight is 387 g/mol. The smallest absolute Gasteiger partial charge is 0.357 e. The van der Waals surface area contributed by atoms with Crippen LogP contribution in [0.2, 0.25) is 0 Å². The van der Waals surface area contributed by atoms with E-state index in [1.807, 2.05) is 0 Å². The Morgan fingerprint density at radius 3 is 2.60 bits per heavy atom. The number of carbonyl (C=O) groups is 2. The number of esters is 1. The van der Waals surface area contributed by atoms with Crippen LogP contribution in [-0.2, 0) is 11.3 Å². The standard InChI is InChI=1S/C14H12Cl2N4O5/c15-11(16)8-3-1-2-4-9(8)14(22)25-6-5-19-13(20(23)24)10(7-18-19)12(17)21/h1-4,7,11H,5-6H2,(H2,17,21). The largest absolute Gasteiger partial charge is 0.458 e. The molecule has 0 bridgehead atoms. The highest BCUT2D eigenvalue weighted by molar-refractivity contribution is 6.44. The van der Waals surface area contributed by atoms with Gasteiger partial charge in [0.15, 0.2) is 5.56 Å². The summed E-state index contributed by atoms with van der Waals surface area (Å²) in [6, 6.07) is 6.37. The molecule has 2 rings (SSSR count). The molecule has 132 valence electrons. The van der Waals surface area contributed by atoms with Crippen molar-refractivity contribution < 1.29 is 19.2 Å². The summed E-state index contributed by atoms with van der Waals surface area (Å²) in [7, 11) is 0. The van der Waals surface area contributed by atoms with Gasteiger partial charge in [-0.3, -0.25) is 4.79 Å². The zero-order chi connectivity index (χ0) is 18.6. The first-order chi connectivity index (χ1) is 11.8. The number of alkyl halides is 2. The average Bonchev–Trinajstić information content (AvgIpc) is 2.99. The summed E-state index contributed by atoms with van der Waals surface area (Å²) >= 11 is 11.6. The van der Waals surface area contributed by atoms with E-state index in [2.05, 4.69) is 5.10 Å². The van der Waals surface area contributed by atoms with Crippen molar-refractivity contribution in [1.82, 2.24) is 9.78 Å². The monoisotopic (exact) mass is 386 g/mol. The van der Waals surface area contributed by atoms with E-state index in [0.717, 1.165) is 10.9 Å². The van der Waals surface area contributed by atoms with Gasteiger partial charge in [-0.05, 0) is 16.6 Å². The number of hydrogen-bond donors (Lipinski definition) is 1. The van der Waals surface area contributed by atoms with Crippen LogP contribution in [0.3, 0.4) is 0 Å². The van der Waals surface area contributed by atoms with E-state index < -0.39 is 27.5 Å². The second-order valence-electron chi connectivity index (χ2n) is 4.75. The molecule has 1 heterocycles. The Balaban J connectivity index is 2.08. The lowest BCUT2D eigenvalue weighted by Crippen LogP contribution is -2.17. The Kier molecular flexibility index (Phi) is 5.94. The molecular formula is C14H12Cl2N4O5. The fraction of sp³-hybridized carbons (Fsp3) is 0.214. The molecule has 0 radical (unpaired) electrons. The fourth-order valence-corrected chi connectivity index (χ4v) is 2.47. The van der Waals surface area contributed by atoms with Gasteiger partial charge < -0.3 is 20.6 Å². The van der Waals surface area contributed by atoms with Crippen molar-refractivity contribution in [2.45, 2.75) is 11.4 Å². The van der Waals surface area contributed by atoms with Gasteiger partial charge in [0.05, 0.1) is 11.8 Å². The first kappa shape index (κ1) is 18.7. The van der Waals surface area contributed by atoms with Gasteiger partial charge in [0.1, 0.15) is 18.0 Å². The van der Waals surface area contributed by atoms with Gasteiger partial charge in [-0.1, -0.05) is 23.3 Å². The van der Waals surface area contributed by atoms with Crippen molar-refractivity contribution in [1.29, 1.82) is 0 Å². The highest BCUT2D eigenvalue weighted by Crippen LogP contribution is 2.28. The van der Waals surface area contributed by atoms with E-state index in [0.29, 0.717) is 5.56 Å². The lowest BCUT2D eigenvalue weighted by molar-refractivity contribution is -0.393. The first-order valence-electron chi connectivity index (χ1n) is 6.87. The molecule has 0 fully saturated rings. The molecule has 11 heteroatoms. The normalized spacial score (nSPS) is 10.7. The number of nitrogens with zero attached hydrogens (tertiary/aromatic N) is 3. The zero-order valence-corrected chi connectivity index (χ0v) is 14.1. The third-order valence-corrected chi connectivity index (χ3v) is 3.67. The molecule has 2 aromatic rings. The lowest BCUT2D eigenvalue weighted by atomic mass is 10.1. The highest BCUT2D eigenvalue weighted by Gasteiger charge is 2.25. The van der Waals surface area contributed by atoms with E-state index in [1.165, 1.54) is 6.07 Å². The zero-order valence-electron chi connectivity index (χ0n) is 12.6. The minimum atomic E-state index is -0.973. The number of aromatic nitrogens is 2. The second-order valence-corrected chi connectivity index (χ2v) is 5.85. The van der Waals surface area contributed by atoms with Gasteiger partial charge in [-0.15, -0.1) is 27.9 Å². The molecule has 1 aromatic carbocycles. The molecule has 0 aliphatic rings. The Morgan fingerprint density at radius 1 is 1.32 bits per heavy atom. The quantitative estimate of drug-likeness (QED) is 0.336. The Morgan fingerprint density at radius 2 is 2.00 bits per heavy atom. The fourth-order valence-electron chi connectivity index (χ4n) is 2.08. The predicted molar refractivity (Wildman–Crippen MR) is 88.6 cm³/mol. The van der Waals surface area contributed by atoms with E-state index in [4.69, 9.17) is 33.7 Å². The summed E-state index contributed by atoms with van der Waals surface area (Å²) in [4.78, 5) is 32.6. The minimum absolute atomic E-state index is 0.136. The molecule has 0 saturated heterocycles. The number of ether oxygens (including phenoxy) is 1. The number of nitro groups is 1. The van der Waals surface area contributed by atoms with E-state index in [9.17, 15) is 19.7 Å². The molecule has 25 heavy (non-hydrogen) atoms. The summed E-state index contributed by atoms with van der Waals surface area (Å²) < 4.78 is 5.99. The van der Waals surface area contributed by atoms with Crippen molar-refractivity contribution in [2.24, 2.45) is 5.73 Å². The van der Waals surface area contributed by atoms with Gasteiger partial charge in [-0.25, -0.2) is 4.79 Å². The maximum Gasteiger partial charge on any atom is 0.357 e. The molecule has 0 atom stereocenters. The summed E-state index contributed by atoms with van der Waals surface area (Å²) in [6.07, 6.45) is 0.989. The highest BCUT2D eigenvalue weighted by atomic mass is 35.5. The van der Waals surface area contributed by atoms with Crippen LogP contribution in [0, 0.1) is 10.1 Å². The van der Waals surface area contributed by atoms with Gasteiger partial charge in [-0.2, -0.15) is 0 Å². The van der Waals surface area contributed by atoms with Gasteiger partial charge in [0, 0.05) is 0 Å². The number of benzene rings is 1. The van der Waals surface area contributed by atoms with Crippen molar-refractivity contribution in [2.75, 3.05) is 6.61 Å². The molecule has 0 spiro atoms. The Labute approximate surface area is 151 Å². The SMILES string of the molecule is NC(=O)c1cnn(CCOC(=O)c2ccccc2C(Cl)Cl)c1[N+](=O)[O-]. The van der Waals surface area contributed by atoms with Crippen molar-refractivity contribution in [3.63, 3.8) is 0 Å². The van der Waals surface area contributed by atoms with Crippen LogP contribution in [0.1, 0.15) is 31.1 Å². The van der Waals surface area contributed by atoms with Crippen LogP contribution < -0.4 is 5.73 Å². The number of carbonyl (C=O) groups excluding carboxylic acids is 2. The minimum Gasteiger partial charge on any atom is -0.458 e. The van der Waals surface area contributed by atoms with Gasteiger partial charge >= 0.3 is 11.8 Å². The van der Waals surface area contributed by atoms with Crippen molar-refractivity contribution in [3.05, 3.63) is 57.3 Å².